The molecule has 3 fully saturated rings. The fourth-order valence-corrected chi connectivity index (χ4v) is 6.93. The molecule has 0 aliphatic carbocycles. The number of likely N-dealkylation sites (N-methyl/N-ethyl adjacent to an activating group) is 1. The van der Waals surface area contributed by atoms with Crippen LogP contribution >= 0.6 is 0 Å². The highest BCUT2D eigenvalue weighted by Crippen LogP contribution is 2.29. The van der Waals surface area contributed by atoms with Crippen LogP contribution in [0.5, 0.6) is 6.01 Å². The van der Waals surface area contributed by atoms with E-state index >= 15 is 0 Å². The van der Waals surface area contributed by atoms with Gasteiger partial charge < -0.3 is 19.4 Å². The average Bonchev–Trinajstić information content (AvgIpc) is 3.61. The van der Waals surface area contributed by atoms with Gasteiger partial charge in [0.25, 0.3) is 0 Å². The molecule has 0 spiro atoms. The molecule has 3 aliphatic rings. The van der Waals surface area contributed by atoms with Gasteiger partial charge in [0.2, 0.25) is 0 Å². The number of piperazine rings is 1. The lowest BCUT2D eigenvalue weighted by atomic mass is 10.0. The zero-order valence-electron chi connectivity index (χ0n) is 24.5. The predicted molar refractivity (Wildman–Crippen MR) is 158 cm³/mol. The Kier molecular flexibility index (Phi) is 7.83. The average molecular weight is 549 g/mol. The van der Waals surface area contributed by atoms with Gasteiger partial charge in [-0.25, -0.2) is 9.78 Å². The van der Waals surface area contributed by atoms with E-state index in [1.807, 2.05) is 11.5 Å². The van der Waals surface area contributed by atoms with E-state index < -0.39 is 0 Å². The molecule has 10 heteroatoms. The Morgan fingerprint density at radius 1 is 1.02 bits per heavy atom. The van der Waals surface area contributed by atoms with E-state index in [1.54, 1.807) is 10.8 Å². The third-order valence-electron chi connectivity index (χ3n) is 9.30. The number of ether oxygens (including phenoxy) is 1. The Morgan fingerprint density at radius 3 is 2.45 bits per heavy atom. The minimum atomic E-state index is -0.0320. The van der Waals surface area contributed by atoms with Gasteiger partial charge in [0.05, 0.1) is 19.3 Å². The predicted octanol–water partition coefficient (Wildman–Crippen LogP) is 2.35. The first-order chi connectivity index (χ1) is 19.4. The van der Waals surface area contributed by atoms with Crippen LogP contribution in [-0.4, -0.2) is 112 Å². The molecule has 3 saturated heterocycles. The van der Waals surface area contributed by atoms with Crippen LogP contribution < -0.4 is 15.3 Å². The maximum atomic E-state index is 13.7. The number of rotatable bonds is 10. The molecule has 0 N–H and O–H groups in total. The fourth-order valence-electron chi connectivity index (χ4n) is 6.93. The van der Waals surface area contributed by atoms with Crippen LogP contribution in [0.1, 0.15) is 38.2 Å². The zero-order chi connectivity index (χ0) is 27.8. The van der Waals surface area contributed by atoms with Crippen molar-refractivity contribution in [2.45, 2.75) is 63.8 Å². The maximum absolute atomic E-state index is 13.7. The van der Waals surface area contributed by atoms with Crippen LogP contribution in [-0.2, 0) is 13.1 Å². The van der Waals surface area contributed by atoms with Crippen LogP contribution in [0.4, 0.5) is 5.69 Å². The quantitative estimate of drug-likeness (QED) is 0.382. The molecule has 3 aliphatic heterocycles. The van der Waals surface area contributed by atoms with Crippen molar-refractivity contribution >= 4 is 16.9 Å². The molecule has 40 heavy (non-hydrogen) atoms. The van der Waals surface area contributed by atoms with Gasteiger partial charge in [0, 0.05) is 63.1 Å². The Labute approximate surface area is 237 Å². The highest BCUT2D eigenvalue weighted by molar-refractivity contribution is 5.71. The van der Waals surface area contributed by atoms with Crippen molar-refractivity contribution < 1.29 is 4.74 Å². The molecule has 2 bridgehead atoms. The van der Waals surface area contributed by atoms with Gasteiger partial charge in [-0.1, -0.05) is 12.1 Å². The van der Waals surface area contributed by atoms with Crippen molar-refractivity contribution in [3.63, 3.8) is 0 Å². The number of piperidine rings is 1. The van der Waals surface area contributed by atoms with Crippen LogP contribution in [0, 0.1) is 0 Å². The first kappa shape index (κ1) is 27.2. The molecular weight excluding hydrogens is 504 g/mol. The molecule has 1 aromatic carbocycles. The minimum absolute atomic E-state index is 0.0320. The summed E-state index contributed by atoms with van der Waals surface area (Å²) in [5.74, 6) is 0. The van der Waals surface area contributed by atoms with E-state index in [9.17, 15) is 4.79 Å². The third-order valence-corrected chi connectivity index (χ3v) is 9.30. The lowest BCUT2D eigenvalue weighted by molar-refractivity contribution is 0.147. The standard InChI is InChI=1S/C30H44N8O2/c1-5-40-29-31-18-27-28(32-29)38(30(39)37(27)14-6-13-36-21-25-17-26(36)20-34(25)4)19-22-7-9-24(10-8-22)35-15-11-23(12-16-35)33(2)3/h7-10,18,23,25-26H,5-6,11-17,19-21H2,1-4H3. The van der Waals surface area contributed by atoms with Gasteiger partial charge >= 0.3 is 11.7 Å². The summed E-state index contributed by atoms with van der Waals surface area (Å²) in [5, 5.41) is 0. The zero-order valence-corrected chi connectivity index (χ0v) is 24.5. The Morgan fingerprint density at radius 2 is 1.80 bits per heavy atom. The second-order valence-electron chi connectivity index (χ2n) is 12.0. The lowest BCUT2D eigenvalue weighted by Crippen LogP contribution is -2.45. The summed E-state index contributed by atoms with van der Waals surface area (Å²) in [6.45, 7) is 8.98. The molecule has 0 saturated carbocycles. The SMILES string of the molecule is CCOc1ncc2c(n1)n(Cc1ccc(N3CCC(N(C)C)CC3)cc1)c(=O)n2CCCN1CC2CC1CN2C. The molecule has 2 atom stereocenters. The number of likely N-dealkylation sites (tertiary alicyclic amines) is 2. The second-order valence-corrected chi connectivity index (χ2v) is 12.0. The third kappa shape index (κ3) is 5.36. The Bertz CT molecular complexity index is 1360. The molecule has 3 aromatic rings. The lowest BCUT2D eigenvalue weighted by Gasteiger charge is -2.36. The van der Waals surface area contributed by atoms with E-state index in [0.717, 1.165) is 50.2 Å². The number of fused-ring (bicyclic) bond motifs is 3. The van der Waals surface area contributed by atoms with Crippen molar-refractivity contribution in [3.8, 4) is 6.01 Å². The van der Waals surface area contributed by atoms with E-state index in [2.05, 4.69) is 75.0 Å². The van der Waals surface area contributed by atoms with Crippen LogP contribution in [0.25, 0.3) is 11.2 Å². The number of aromatic nitrogens is 4. The first-order valence-corrected chi connectivity index (χ1v) is 14.9. The number of nitrogens with zero attached hydrogens (tertiary/aromatic N) is 8. The van der Waals surface area contributed by atoms with E-state index in [-0.39, 0.29) is 5.69 Å². The van der Waals surface area contributed by atoms with Crippen LogP contribution in [0.3, 0.4) is 0 Å². The van der Waals surface area contributed by atoms with Crippen LogP contribution in [0.15, 0.2) is 35.3 Å². The number of benzene rings is 1. The van der Waals surface area contributed by atoms with Gasteiger partial charge in [0.1, 0.15) is 5.52 Å². The Hall–Kier alpha value is -2.95. The summed E-state index contributed by atoms with van der Waals surface area (Å²) in [4.78, 5) is 32.7. The largest absolute Gasteiger partial charge is 0.464 e. The fraction of sp³-hybridized carbons (Fsp3) is 0.633. The highest BCUT2D eigenvalue weighted by Gasteiger charge is 2.40. The van der Waals surface area contributed by atoms with Crippen molar-refractivity contribution in [2.24, 2.45) is 0 Å². The van der Waals surface area contributed by atoms with Gasteiger partial charge in [-0.15, -0.1) is 0 Å². The smallest absolute Gasteiger partial charge is 0.330 e. The molecule has 216 valence electrons. The number of aryl methyl sites for hydroxylation is 1. The maximum Gasteiger partial charge on any atom is 0.330 e. The van der Waals surface area contributed by atoms with E-state index in [0.29, 0.717) is 49.5 Å². The number of anilines is 1. The first-order valence-electron chi connectivity index (χ1n) is 14.9. The van der Waals surface area contributed by atoms with E-state index in [1.165, 1.54) is 24.9 Å². The van der Waals surface area contributed by atoms with Gasteiger partial charge in [-0.3, -0.25) is 14.0 Å². The number of hydrogen-bond donors (Lipinski definition) is 0. The van der Waals surface area contributed by atoms with Gasteiger partial charge in [-0.2, -0.15) is 4.98 Å². The monoisotopic (exact) mass is 548 g/mol. The molecule has 6 rings (SSSR count). The topological polar surface area (TPSA) is 74.9 Å². The second kappa shape index (κ2) is 11.5. The molecule has 2 aromatic heterocycles. The Balaban J connectivity index is 1.18. The molecule has 0 radical (unpaired) electrons. The molecule has 10 nitrogen and oxygen atoms in total. The normalized spacial score (nSPS) is 22.3. The summed E-state index contributed by atoms with van der Waals surface area (Å²) in [5.41, 5.74) is 3.72. The van der Waals surface area contributed by atoms with Crippen molar-refractivity contribution in [3.05, 3.63) is 46.5 Å². The minimum Gasteiger partial charge on any atom is -0.464 e. The summed E-state index contributed by atoms with van der Waals surface area (Å²) in [6, 6.07) is 11.0. The highest BCUT2D eigenvalue weighted by atomic mass is 16.5. The number of imidazole rings is 1. The summed E-state index contributed by atoms with van der Waals surface area (Å²) in [7, 11) is 6.58. The molecular formula is C30H44N8O2. The summed E-state index contributed by atoms with van der Waals surface area (Å²) < 4.78 is 9.23. The van der Waals surface area contributed by atoms with Gasteiger partial charge in [0.15, 0.2) is 5.65 Å². The summed E-state index contributed by atoms with van der Waals surface area (Å²) >= 11 is 0. The molecule has 5 heterocycles. The van der Waals surface area contributed by atoms with Crippen molar-refractivity contribution in [1.29, 1.82) is 0 Å². The molecule has 2 unspecified atom stereocenters. The number of hydrogen-bond acceptors (Lipinski definition) is 8. The van der Waals surface area contributed by atoms with Gasteiger partial charge in [-0.05, 0) is 71.4 Å². The van der Waals surface area contributed by atoms with Crippen LogP contribution in [0.2, 0.25) is 0 Å². The van der Waals surface area contributed by atoms with Crippen molar-refractivity contribution in [2.75, 3.05) is 65.4 Å². The summed E-state index contributed by atoms with van der Waals surface area (Å²) in [6.07, 6.45) is 6.32. The van der Waals surface area contributed by atoms with E-state index in [4.69, 9.17) is 4.74 Å². The molecule has 0 amide bonds. The van der Waals surface area contributed by atoms with Crippen molar-refractivity contribution in [1.82, 2.24) is 33.8 Å².